The second-order valence-electron chi connectivity index (χ2n) is 6.47. The first-order valence-electron chi connectivity index (χ1n) is 7.96. The number of rotatable bonds is 4. The molecule has 3 rings (SSSR count). The Kier molecular flexibility index (Phi) is 4.67. The predicted octanol–water partition coefficient (Wildman–Crippen LogP) is 2.70. The molecule has 1 aromatic carbocycles. The average molecular weight is 350 g/mol. The van der Waals surface area contributed by atoms with E-state index in [1.807, 2.05) is 24.3 Å². The van der Waals surface area contributed by atoms with Crippen LogP contribution in [0, 0.1) is 0 Å². The lowest BCUT2D eigenvalue weighted by atomic mass is 9.78. The molecule has 0 atom stereocenters. The van der Waals surface area contributed by atoms with E-state index >= 15 is 0 Å². The van der Waals surface area contributed by atoms with Crippen molar-refractivity contribution in [2.45, 2.75) is 43.9 Å². The molecule has 1 saturated carbocycles. The molecule has 24 heavy (non-hydrogen) atoms. The number of hydrogen-bond acceptors (Lipinski definition) is 4. The Labute approximate surface area is 144 Å². The summed E-state index contributed by atoms with van der Waals surface area (Å²) in [5, 5.41) is 29.2. The summed E-state index contributed by atoms with van der Waals surface area (Å²) in [7, 11) is 0. The van der Waals surface area contributed by atoms with Crippen molar-refractivity contribution >= 4 is 11.6 Å². The van der Waals surface area contributed by atoms with Crippen LogP contribution in [0.25, 0.3) is 0 Å². The van der Waals surface area contributed by atoms with E-state index in [2.05, 4.69) is 0 Å². The first kappa shape index (κ1) is 17.0. The van der Waals surface area contributed by atoms with E-state index in [4.69, 9.17) is 11.6 Å². The maximum atomic E-state index is 11.8. The van der Waals surface area contributed by atoms with E-state index in [0.29, 0.717) is 11.6 Å². The highest BCUT2D eigenvalue weighted by atomic mass is 35.5. The van der Waals surface area contributed by atoms with Crippen molar-refractivity contribution in [1.82, 2.24) is 4.57 Å². The Bertz CT molecular complexity index is 777. The minimum absolute atomic E-state index is 0.121. The van der Waals surface area contributed by atoms with Crippen molar-refractivity contribution < 1.29 is 15.3 Å². The average Bonchev–Trinajstić information content (AvgIpc) is 3.00. The van der Waals surface area contributed by atoms with E-state index in [9.17, 15) is 20.1 Å². The Morgan fingerprint density at radius 3 is 2.33 bits per heavy atom. The number of halogens is 1. The number of aliphatic hydroxyl groups excluding tert-OH is 1. The van der Waals surface area contributed by atoms with Crippen LogP contribution < -0.4 is 5.43 Å². The Morgan fingerprint density at radius 2 is 1.75 bits per heavy atom. The van der Waals surface area contributed by atoms with Crippen LogP contribution in [0.4, 0.5) is 0 Å². The van der Waals surface area contributed by atoms with Crippen LogP contribution in [0.3, 0.4) is 0 Å². The molecule has 2 aromatic rings. The molecule has 1 fully saturated rings. The highest BCUT2D eigenvalue weighted by molar-refractivity contribution is 6.30. The predicted molar refractivity (Wildman–Crippen MR) is 91.1 cm³/mol. The van der Waals surface area contributed by atoms with Crippen LogP contribution in [0.5, 0.6) is 5.75 Å². The fourth-order valence-electron chi connectivity index (χ4n) is 3.66. The van der Waals surface area contributed by atoms with Gasteiger partial charge in [-0.25, -0.2) is 0 Å². The standard InChI is InChI=1S/C18H20ClNO4/c19-13-5-3-12(4-6-13)18(7-1-2-8-18)11-20-9-14(17(23)24)16(22)15(21)10-20/h3-6,9-10,17,21,23-24H,1-2,7-8,11H2. The second kappa shape index (κ2) is 6.59. The summed E-state index contributed by atoms with van der Waals surface area (Å²) in [6.45, 7) is 0.544. The zero-order valence-electron chi connectivity index (χ0n) is 13.2. The third-order valence-corrected chi connectivity index (χ3v) is 5.12. The van der Waals surface area contributed by atoms with Crippen molar-refractivity contribution in [1.29, 1.82) is 0 Å². The topological polar surface area (TPSA) is 82.7 Å². The van der Waals surface area contributed by atoms with E-state index in [1.165, 1.54) is 12.4 Å². The fraction of sp³-hybridized carbons (Fsp3) is 0.389. The van der Waals surface area contributed by atoms with Gasteiger partial charge in [-0.2, -0.15) is 0 Å². The lowest BCUT2D eigenvalue weighted by Gasteiger charge is -2.31. The van der Waals surface area contributed by atoms with Gasteiger partial charge in [0.1, 0.15) is 0 Å². The lowest BCUT2D eigenvalue weighted by molar-refractivity contribution is -0.0439. The van der Waals surface area contributed by atoms with E-state index in [-0.39, 0.29) is 11.0 Å². The highest BCUT2D eigenvalue weighted by Crippen LogP contribution is 2.42. The number of benzene rings is 1. The summed E-state index contributed by atoms with van der Waals surface area (Å²) in [4.78, 5) is 11.8. The van der Waals surface area contributed by atoms with Crippen LogP contribution >= 0.6 is 11.6 Å². The third kappa shape index (κ3) is 3.20. The molecule has 6 heteroatoms. The molecule has 1 aromatic heterocycles. The SMILES string of the molecule is O=c1c(O)cn(CC2(c3ccc(Cl)cc3)CCCC2)cc1C(O)O. The molecule has 0 saturated heterocycles. The quantitative estimate of drug-likeness (QED) is 0.741. The maximum Gasteiger partial charge on any atom is 0.231 e. The van der Waals surface area contributed by atoms with Gasteiger partial charge in [-0.3, -0.25) is 4.79 Å². The molecule has 0 spiro atoms. The Hall–Kier alpha value is -1.82. The van der Waals surface area contributed by atoms with Crippen LogP contribution in [-0.4, -0.2) is 19.9 Å². The number of aromatic nitrogens is 1. The van der Waals surface area contributed by atoms with Gasteiger partial charge in [0.15, 0.2) is 12.0 Å². The minimum Gasteiger partial charge on any atom is -0.503 e. The molecule has 0 aliphatic heterocycles. The molecule has 1 aliphatic carbocycles. The van der Waals surface area contributed by atoms with Crippen molar-refractivity contribution in [3.63, 3.8) is 0 Å². The number of aliphatic hydroxyl groups is 2. The zero-order valence-corrected chi connectivity index (χ0v) is 13.9. The molecule has 0 unspecified atom stereocenters. The summed E-state index contributed by atoms with van der Waals surface area (Å²) >= 11 is 5.99. The van der Waals surface area contributed by atoms with Gasteiger partial charge in [0.05, 0.1) is 5.56 Å². The molecule has 3 N–H and O–H groups in total. The highest BCUT2D eigenvalue weighted by Gasteiger charge is 2.36. The van der Waals surface area contributed by atoms with Crippen LogP contribution in [0.2, 0.25) is 5.02 Å². The smallest absolute Gasteiger partial charge is 0.231 e. The van der Waals surface area contributed by atoms with Gasteiger partial charge >= 0.3 is 0 Å². The van der Waals surface area contributed by atoms with Crippen LogP contribution in [0.1, 0.15) is 43.1 Å². The van der Waals surface area contributed by atoms with E-state index < -0.39 is 17.5 Å². The molecular weight excluding hydrogens is 330 g/mol. The number of nitrogens with zero attached hydrogens (tertiary/aromatic N) is 1. The number of aromatic hydroxyl groups is 1. The van der Waals surface area contributed by atoms with Crippen molar-refractivity contribution in [2.75, 3.05) is 0 Å². The first-order chi connectivity index (χ1) is 11.4. The van der Waals surface area contributed by atoms with Gasteiger partial charge in [0.25, 0.3) is 0 Å². The Morgan fingerprint density at radius 1 is 1.12 bits per heavy atom. The maximum absolute atomic E-state index is 11.8. The zero-order chi connectivity index (χ0) is 17.3. The van der Waals surface area contributed by atoms with Crippen molar-refractivity contribution in [2.24, 2.45) is 0 Å². The fourth-order valence-corrected chi connectivity index (χ4v) is 3.78. The van der Waals surface area contributed by atoms with Gasteiger partial charge in [-0.15, -0.1) is 0 Å². The van der Waals surface area contributed by atoms with Crippen LogP contribution in [0.15, 0.2) is 41.5 Å². The third-order valence-electron chi connectivity index (χ3n) is 4.87. The van der Waals surface area contributed by atoms with E-state index in [1.54, 1.807) is 4.57 Å². The molecule has 5 nitrogen and oxygen atoms in total. The van der Waals surface area contributed by atoms with Gasteiger partial charge in [-0.05, 0) is 30.5 Å². The van der Waals surface area contributed by atoms with Gasteiger partial charge in [0.2, 0.25) is 5.43 Å². The molecule has 0 bridgehead atoms. The second-order valence-corrected chi connectivity index (χ2v) is 6.90. The van der Waals surface area contributed by atoms with Gasteiger partial charge < -0.3 is 19.9 Å². The van der Waals surface area contributed by atoms with Gasteiger partial charge in [-0.1, -0.05) is 36.6 Å². The summed E-state index contributed by atoms with van der Waals surface area (Å²) in [5.74, 6) is -0.482. The summed E-state index contributed by atoms with van der Waals surface area (Å²) < 4.78 is 1.67. The minimum atomic E-state index is -1.91. The molecule has 1 aliphatic rings. The van der Waals surface area contributed by atoms with Gasteiger partial charge in [0, 0.05) is 29.4 Å². The van der Waals surface area contributed by atoms with Crippen LogP contribution in [-0.2, 0) is 12.0 Å². The molecule has 1 heterocycles. The summed E-state index contributed by atoms with van der Waals surface area (Å²) in [6.07, 6.45) is 5.02. The molecule has 128 valence electrons. The molecule has 0 amide bonds. The van der Waals surface area contributed by atoms with Crippen molar-refractivity contribution in [3.8, 4) is 5.75 Å². The largest absolute Gasteiger partial charge is 0.503 e. The molecular formula is C18H20ClNO4. The molecule has 0 radical (unpaired) electrons. The monoisotopic (exact) mass is 349 g/mol. The first-order valence-corrected chi connectivity index (χ1v) is 8.34. The van der Waals surface area contributed by atoms with Crippen molar-refractivity contribution in [3.05, 3.63) is 63.0 Å². The summed E-state index contributed by atoms with van der Waals surface area (Å²) in [6, 6.07) is 7.75. The Balaban J connectivity index is 2.00. The number of hydrogen-bond donors (Lipinski definition) is 3. The normalized spacial score (nSPS) is 16.7. The van der Waals surface area contributed by atoms with E-state index in [0.717, 1.165) is 31.2 Å². The number of pyridine rings is 1. The summed E-state index contributed by atoms with van der Waals surface area (Å²) in [5.41, 5.74) is 0.0604. The lowest BCUT2D eigenvalue weighted by Crippen LogP contribution is -2.29.